The van der Waals surface area contributed by atoms with E-state index in [9.17, 15) is 4.79 Å². The van der Waals surface area contributed by atoms with Gasteiger partial charge in [0, 0.05) is 24.7 Å². The van der Waals surface area contributed by atoms with E-state index < -0.39 is 5.91 Å². The van der Waals surface area contributed by atoms with E-state index in [1.54, 1.807) is 6.20 Å². The highest BCUT2D eigenvalue weighted by Gasteiger charge is 2.43. The topological polar surface area (TPSA) is 81.3 Å². The van der Waals surface area contributed by atoms with Gasteiger partial charge in [0.25, 0.3) is 5.91 Å². The molecule has 6 heteroatoms. The van der Waals surface area contributed by atoms with Gasteiger partial charge in [-0.25, -0.2) is 9.97 Å². The molecule has 1 aliphatic carbocycles. The van der Waals surface area contributed by atoms with Gasteiger partial charge in [-0.15, -0.1) is 0 Å². The average molecular weight is 262 g/mol. The molecule has 0 spiro atoms. The first-order valence-corrected chi connectivity index (χ1v) is 6.60. The molecule has 3 rings (SSSR count). The van der Waals surface area contributed by atoms with Crippen molar-refractivity contribution in [1.82, 2.24) is 9.97 Å². The molecule has 19 heavy (non-hydrogen) atoms. The highest BCUT2D eigenvalue weighted by Crippen LogP contribution is 2.48. The predicted molar refractivity (Wildman–Crippen MR) is 70.2 cm³/mol. The number of anilines is 1. The van der Waals surface area contributed by atoms with E-state index in [4.69, 9.17) is 10.5 Å². The second-order valence-corrected chi connectivity index (χ2v) is 5.46. The van der Waals surface area contributed by atoms with Crippen LogP contribution in [-0.2, 0) is 10.2 Å². The van der Waals surface area contributed by atoms with E-state index in [1.807, 2.05) is 0 Å². The Labute approximate surface area is 112 Å². The van der Waals surface area contributed by atoms with E-state index in [2.05, 4.69) is 21.8 Å². The molecule has 2 fully saturated rings. The molecule has 1 amide bonds. The van der Waals surface area contributed by atoms with Crippen molar-refractivity contribution in [3.63, 3.8) is 0 Å². The minimum absolute atomic E-state index is 0.00561. The molecule has 1 saturated carbocycles. The normalized spacial score (nSPS) is 21.2. The maximum absolute atomic E-state index is 11.5. The van der Waals surface area contributed by atoms with Crippen LogP contribution < -0.4 is 10.6 Å². The third kappa shape index (κ3) is 2.28. The van der Waals surface area contributed by atoms with Crippen molar-refractivity contribution in [3.8, 4) is 0 Å². The lowest BCUT2D eigenvalue weighted by atomic mass is 10.0. The summed E-state index contributed by atoms with van der Waals surface area (Å²) in [5, 5.41) is 0. The zero-order valence-corrected chi connectivity index (χ0v) is 11.1. The number of aromatic nitrogens is 2. The number of carbonyl (C=O) groups excluding carboxylic acids is 1. The molecule has 0 unspecified atom stereocenters. The third-order valence-electron chi connectivity index (χ3n) is 3.91. The van der Waals surface area contributed by atoms with Crippen molar-refractivity contribution in [2.75, 3.05) is 31.2 Å². The summed E-state index contributed by atoms with van der Waals surface area (Å²) in [6.07, 6.45) is 3.67. The van der Waals surface area contributed by atoms with Crippen molar-refractivity contribution < 1.29 is 9.53 Å². The summed E-state index contributed by atoms with van der Waals surface area (Å²) in [5.41, 5.74) is 6.67. The second-order valence-electron chi connectivity index (χ2n) is 5.46. The van der Waals surface area contributed by atoms with Gasteiger partial charge in [-0.3, -0.25) is 4.79 Å². The third-order valence-corrected chi connectivity index (χ3v) is 3.91. The number of primary amides is 1. The van der Waals surface area contributed by atoms with Crippen molar-refractivity contribution in [1.29, 1.82) is 0 Å². The Kier molecular flexibility index (Phi) is 2.89. The average Bonchev–Trinajstić information content (AvgIpc) is 3.18. The van der Waals surface area contributed by atoms with Gasteiger partial charge < -0.3 is 15.4 Å². The van der Waals surface area contributed by atoms with Gasteiger partial charge in [0.2, 0.25) is 5.95 Å². The summed E-state index contributed by atoms with van der Waals surface area (Å²) in [6, 6.07) is 0. The standard InChI is InChI=1S/C13H18N4O2/c1-13(2-3-13)10-9(11(14)18)8-15-12(16-10)17-4-6-19-7-5-17/h8H,2-7H2,1H3,(H2,14,18). The number of hydrogen-bond acceptors (Lipinski definition) is 5. The van der Waals surface area contributed by atoms with Crippen LogP contribution in [0.4, 0.5) is 5.95 Å². The van der Waals surface area contributed by atoms with Crippen molar-refractivity contribution in [2.24, 2.45) is 5.73 Å². The van der Waals surface area contributed by atoms with Gasteiger partial charge in [-0.1, -0.05) is 6.92 Å². The SMILES string of the molecule is CC1(c2nc(N3CCOCC3)ncc2C(N)=O)CC1. The number of amides is 1. The number of ether oxygens (including phenoxy) is 1. The highest BCUT2D eigenvalue weighted by molar-refractivity contribution is 5.94. The number of nitrogens with two attached hydrogens (primary N) is 1. The molecule has 0 atom stereocenters. The zero-order valence-electron chi connectivity index (χ0n) is 11.1. The van der Waals surface area contributed by atoms with E-state index in [-0.39, 0.29) is 5.41 Å². The lowest BCUT2D eigenvalue weighted by Gasteiger charge is -2.27. The Hall–Kier alpha value is -1.69. The Balaban J connectivity index is 1.97. The molecule has 1 aliphatic heterocycles. The smallest absolute Gasteiger partial charge is 0.252 e. The first-order chi connectivity index (χ1) is 9.10. The van der Waals surface area contributed by atoms with Crippen molar-refractivity contribution in [3.05, 3.63) is 17.5 Å². The van der Waals surface area contributed by atoms with Crippen LogP contribution in [0.15, 0.2) is 6.20 Å². The van der Waals surface area contributed by atoms with Gasteiger partial charge in [0.1, 0.15) is 0 Å². The minimum Gasteiger partial charge on any atom is -0.378 e. The maximum Gasteiger partial charge on any atom is 0.252 e. The number of hydrogen-bond donors (Lipinski definition) is 1. The largest absolute Gasteiger partial charge is 0.378 e. The van der Waals surface area contributed by atoms with Gasteiger partial charge in [0.05, 0.1) is 24.5 Å². The molecule has 0 aromatic carbocycles. The summed E-state index contributed by atoms with van der Waals surface area (Å²) in [5.74, 6) is 0.230. The van der Waals surface area contributed by atoms with Gasteiger partial charge in [-0.2, -0.15) is 0 Å². The molecule has 0 radical (unpaired) electrons. The fourth-order valence-corrected chi connectivity index (χ4v) is 2.35. The summed E-state index contributed by atoms with van der Waals surface area (Å²) in [7, 11) is 0. The fraction of sp³-hybridized carbons (Fsp3) is 0.615. The van der Waals surface area contributed by atoms with Crippen LogP contribution in [-0.4, -0.2) is 42.2 Å². The lowest BCUT2D eigenvalue weighted by molar-refractivity contribution is 0.0997. The van der Waals surface area contributed by atoms with Crippen LogP contribution in [0.25, 0.3) is 0 Å². The van der Waals surface area contributed by atoms with Crippen LogP contribution in [0.5, 0.6) is 0 Å². The van der Waals surface area contributed by atoms with Crippen LogP contribution >= 0.6 is 0 Å². The monoisotopic (exact) mass is 262 g/mol. The number of carbonyl (C=O) groups is 1. The molecule has 2 N–H and O–H groups in total. The van der Waals surface area contributed by atoms with E-state index in [1.165, 1.54) is 0 Å². The first kappa shape index (κ1) is 12.3. The summed E-state index contributed by atoms with van der Waals surface area (Å²) in [4.78, 5) is 22.5. The fourth-order valence-electron chi connectivity index (χ4n) is 2.35. The van der Waals surface area contributed by atoms with Crippen LogP contribution in [0.3, 0.4) is 0 Å². The Morgan fingerprint density at radius 1 is 1.42 bits per heavy atom. The van der Waals surface area contributed by atoms with Gasteiger partial charge >= 0.3 is 0 Å². The summed E-state index contributed by atoms with van der Waals surface area (Å²) < 4.78 is 5.32. The second kappa shape index (κ2) is 4.45. The van der Waals surface area contributed by atoms with Crippen molar-refractivity contribution in [2.45, 2.75) is 25.2 Å². The van der Waals surface area contributed by atoms with Gasteiger partial charge in [-0.05, 0) is 12.8 Å². The summed E-state index contributed by atoms with van der Waals surface area (Å²) in [6.45, 7) is 5.06. The quantitative estimate of drug-likeness (QED) is 0.856. The molecule has 102 valence electrons. The Morgan fingerprint density at radius 3 is 2.68 bits per heavy atom. The Morgan fingerprint density at radius 2 is 2.11 bits per heavy atom. The van der Waals surface area contributed by atoms with E-state index in [0.29, 0.717) is 24.7 Å². The molecular weight excluding hydrogens is 244 g/mol. The lowest BCUT2D eigenvalue weighted by Crippen LogP contribution is -2.38. The van der Waals surface area contributed by atoms with Crippen molar-refractivity contribution >= 4 is 11.9 Å². The van der Waals surface area contributed by atoms with Gasteiger partial charge in [0.15, 0.2) is 0 Å². The molecule has 2 heterocycles. The van der Waals surface area contributed by atoms with Crippen LogP contribution in [0, 0.1) is 0 Å². The van der Waals surface area contributed by atoms with E-state index >= 15 is 0 Å². The first-order valence-electron chi connectivity index (χ1n) is 6.60. The molecule has 1 saturated heterocycles. The summed E-state index contributed by atoms with van der Waals surface area (Å²) >= 11 is 0. The predicted octanol–water partition coefficient (Wildman–Crippen LogP) is 0.464. The van der Waals surface area contributed by atoms with Crippen LogP contribution in [0.2, 0.25) is 0 Å². The maximum atomic E-state index is 11.5. The molecule has 2 aliphatic rings. The minimum atomic E-state index is -0.448. The number of morpholine rings is 1. The molecule has 1 aromatic heterocycles. The molecule has 0 bridgehead atoms. The Bertz CT molecular complexity index is 507. The van der Waals surface area contributed by atoms with Crippen LogP contribution in [0.1, 0.15) is 35.8 Å². The number of nitrogens with zero attached hydrogens (tertiary/aromatic N) is 3. The number of rotatable bonds is 3. The molecule has 1 aromatic rings. The highest BCUT2D eigenvalue weighted by atomic mass is 16.5. The zero-order chi connectivity index (χ0) is 13.5. The molecule has 6 nitrogen and oxygen atoms in total. The molecular formula is C13H18N4O2. The van der Waals surface area contributed by atoms with E-state index in [0.717, 1.165) is 31.6 Å².